The third-order valence-corrected chi connectivity index (χ3v) is 6.30. The molecule has 3 heterocycles. The van der Waals surface area contributed by atoms with Crippen LogP contribution in [0.5, 0.6) is 17.4 Å². The van der Waals surface area contributed by atoms with Gasteiger partial charge in [-0.05, 0) is 44.4 Å². The number of fused-ring (bicyclic) bond motifs is 1. The quantitative estimate of drug-likeness (QED) is 0.698. The number of hydrogen-bond donors (Lipinski definition) is 2. The van der Waals surface area contributed by atoms with Gasteiger partial charge in [-0.15, -0.1) is 5.10 Å². The van der Waals surface area contributed by atoms with Crippen LogP contribution in [0.1, 0.15) is 41.6 Å². The first kappa shape index (κ1) is 18.1. The lowest BCUT2D eigenvalue weighted by Crippen LogP contribution is -3.13. The van der Waals surface area contributed by atoms with Gasteiger partial charge in [-0.3, -0.25) is 0 Å². The zero-order chi connectivity index (χ0) is 19.0. The highest BCUT2D eigenvalue weighted by atomic mass is 32.1. The zero-order valence-electron chi connectivity index (χ0n) is 15.9. The number of nitrogens with one attached hydrogen (secondary N) is 1. The van der Waals surface area contributed by atoms with Gasteiger partial charge in [-0.2, -0.15) is 4.52 Å². The van der Waals surface area contributed by atoms with Gasteiger partial charge in [0, 0.05) is 0 Å². The molecule has 2 N–H and O–H groups in total. The number of aromatic hydroxyl groups is 1. The van der Waals surface area contributed by atoms with Crippen LogP contribution < -0.4 is 14.4 Å². The van der Waals surface area contributed by atoms with Crippen LogP contribution in [0.2, 0.25) is 0 Å². The van der Waals surface area contributed by atoms with Crippen molar-refractivity contribution in [2.45, 2.75) is 32.2 Å². The number of piperidine rings is 1. The number of quaternary nitrogens is 1. The Labute approximate surface area is 162 Å². The Bertz CT molecular complexity index is 946. The molecule has 0 aliphatic carbocycles. The molecule has 0 spiro atoms. The second-order valence-electron chi connectivity index (χ2n) is 6.90. The molecular formula is C19H25N4O3S+. The third-order valence-electron chi connectivity index (χ3n) is 5.22. The minimum atomic E-state index is -0.0517. The predicted octanol–water partition coefficient (Wildman–Crippen LogP) is 1.98. The van der Waals surface area contributed by atoms with Gasteiger partial charge >= 0.3 is 0 Å². The summed E-state index contributed by atoms with van der Waals surface area (Å²) in [6, 6.07) is 5.80. The maximum absolute atomic E-state index is 10.9. The Kier molecular flexibility index (Phi) is 4.92. The molecule has 144 valence electrons. The molecule has 0 bridgehead atoms. The van der Waals surface area contributed by atoms with Crippen LogP contribution in [0.25, 0.3) is 4.96 Å². The van der Waals surface area contributed by atoms with Gasteiger partial charge < -0.3 is 19.5 Å². The summed E-state index contributed by atoms with van der Waals surface area (Å²) in [4.78, 5) is 7.44. The minimum Gasteiger partial charge on any atom is -0.497 e. The molecule has 0 radical (unpaired) electrons. The Morgan fingerprint density at radius 3 is 2.63 bits per heavy atom. The van der Waals surface area contributed by atoms with Crippen molar-refractivity contribution >= 4 is 16.3 Å². The predicted molar refractivity (Wildman–Crippen MR) is 103 cm³/mol. The fourth-order valence-electron chi connectivity index (χ4n) is 3.94. The third kappa shape index (κ3) is 3.23. The van der Waals surface area contributed by atoms with E-state index in [1.165, 1.54) is 35.5 Å². The Hall–Kier alpha value is -2.32. The van der Waals surface area contributed by atoms with Gasteiger partial charge in [-0.25, -0.2) is 4.98 Å². The smallest absolute Gasteiger partial charge is 0.235 e. The highest BCUT2D eigenvalue weighted by molar-refractivity contribution is 7.17. The van der Waals surface area contributed by atoms with Crippen LogP contribution in [-0.2, 0) is 0 Å². The van der Waals surface area contributed by atoms with Crippen molar-refractivity contribution in [3.63, 3.8) is 0 Å². The summed E-state index contributed by atoms with van der Waals surface area (Å²) in [5, 5.41) is 15.3. The van der Waals surface area contributed by atoms with Gasteiger partial charge in [0.2, 0.25) is 10.8 Å². The van der Waals surface area contributed by atoms with Crippen molar-refractivity contribution < 1.29 is 19.5 Å². The van der Waals surface area contributed by atoms with Gasteiger partial charge in [0.25, 0.3) is 0 Å². The van der Waals surface area contributed by atoms with Gasteiger partial charge in [0.15, 0.2) is 6.04 Å². The van der Waals surface area contributed by atoms with E-state index < -0.39 is 0 Å². The molecule has 1 atom stereocenters. The monoisotopic (exact) mass is 389 g/mol. The molecule has 1 saturated heterocycles. The Balaban J connectivity index is 1.89. The largest absolute Gasteiger partial charge is 0.497 e. The van der Waals surface area contributed by atoms with Crippen molar-refractivity contribution in [3.8, 4) is 17.4 Å². The molecule has 0 saturated carbocycles. The van der Waals surface area contributed by atoms with Crippen LogP contribution in [0.4, 0.5) is 0 Å². The molecule has 1 aromatic carbocycles. The highest BCUT2D eigenvalue weighted by Gasteiger charge is 2.35. The number of hydrogen-bond acceptors (Lipinski definition) is 6. The van der Waals surface area contributed by atoms with Gasteiger partial charge in [0.1, 0.15) is 22.2 Å². The minimum absolute atomic E-state index is 0.0517. The number of likely N-dealkylation sites (tertiary alicyclic amines) is 1. The number of rotatable bonds is 5. The van der Waals surface area contributed by atoms with Crippen LogP contribution in [-0.4, -0.2) is 47.0 Å². The van der Waals surface area contributed by atoms with Crippen molar-refractivity contribution in [1.82, 2.24) is 14.6 Å². The topological polar surface area (TPSA) is 73.3 Å². The lowest BCUT2D eigenvalue weighted by atomic mass is 9.99. The van der Waals surface area contributed by atoms with Crippen molar-refractivity contribution in [2.75, 3.05) is 27.3 Å². The molecule has 1 fully saturated rings. The average molecular weight is 390 g/mol. The van der Waals surface area contributed by atoms with Gasteiger partial charge in [0.05, 0.1) is 32.9 Å². The fourth-order valence-corrected chi connectivity index (χ4v) is 5.12. The van der Waals surface area contributed by atoms with E-state index in [2.05, 4.69) is 10.1 Å². The number of nitrogens with zero attached hydrogens (tertiary/aromatic N) is 3. The average Bonchev–Trinajstić information content (AvgIpc) is 3.20. The van der Waals surface area contributed by atoms with Crippen molar-refractivity contribution in [2.24, 2.45) is 0 Å². The van der Waals surface area contributed by atoms with Crippen LogP contribution in [0, 0.1) is 6.92 Å². The highest BCUT2D eigenvalue weighted by Crippen LogP contribution is 2.39. The SMILES string of the molecule is COc1ccc(OC)c([C@H](c2sc3nc(C)nn3c2O)[NH+]2CCCCC2)c1. The molecular weight excluding hydrogens is 364 g/mol. The molecule has 27 heavy (non-hydrogen) atoms. The van der Waals surface area contributed by atoms with E-state index in [0.717, 1.165) is 35.0 Å². The van der Waals surface area contributed by atoms with E-state index in [9.17, 15) is 5.11 Å². The molecule has 0 amide bonds. The maximum atomic E-state index is 10.9. The first-order valence-corrected chi connectivity index (χ1v) is 10.1. The van der Waals surface area contributed by atoms with Crippen molar-refractivity contribution in [1.29, 1.82) is 0 Å². The molecule has 7 nitrogen and oxygen atoms in total. The van der Waals surface area contributed by atoms with Crippen LogP contribution in [0.15, 0.2) is 18.2 Å². The second kappa shape index (κ2) is 7.36. The van der Waals surface area contributed by atoms with E-state index in [1.54, 1.807) is 18.7 Å². The standard InChI is InChI=1S/C19H24N4O3S/c1-12-20-19-23(21-12)18(24)17(27-19)16(22-9-5-4-6-10-22)14-11-13(25-2)7-8-15(14)26-3/h7-8,11,16,24H,4-6,9-10H2,1-3H3/p+1/t16-/m1/s1. The Morgan fingerprint density at radius 2 is 1.96 bits per heavy atom. The molecule has 2 aromatic heterocycles. The molecule has 3 aromatic rings. The molecule has 1 aliphatic heterocycles. The van der Waals surface area contributed by atoms with E-state index in [1.807, 2.05) is 25.1 Å². The first-order chi connectivity index (χ1) is 13.1. The Morgan fingerprint density at radius 1 is 1.19 bits per heavy atom. The van der Waals surface area contributed by atoms with Crippen LogP contribution in [0.3, 0.4) is 0 Å². The first-order valence-electron chi connectivity index (χ1n) is 9.24. The number of methoxy groups -OCH3 is 2. The normalized spacial score (nSPS) is 16.6. The fraction of sp³-hybridized carbons (Fsp3) is 0.474. The van der Waals surface area contributed by atoms with E-state index in [-0.39, 0.29) is 11.9 Å². The van der Waals surface area contributed by atoms with Gasteiger partial charge in [-0.1, -0.05) is 11.3 Å². The molecule has 4 rings (SSSR count). The lowest BCUT2D eigenvalue weighted by Gasteiger charge is -2.32. The van der Waals surface area contributed by atoms with E-state index in [4.69, 9.17) is 9.47 Å². The zero-order valence-corrected chi connectivity index (χ0v) is 16.7. The number of aryl methyl sites for hydroxylation is 1. The second-order valence-corrected chi connectivity index (χ2v) is 7.91. The van der Waals surface area contributed by atoms with Crippen LogP contribution >= 0.6 is 11.3 Å². The molecule has 8 heteroatoms. The van der Waals surface area contributed by atoms with E-state index in [0.29, 0.717) is 10.8 Å². The van der Waals surface area contributed by atoms with Crippen molar-refractivity contribution in [3.05, 3.63) is 34.5 Å². The number of ether oxygens (including phenoxy) is 2. The van der Waals surface area contributed by atoms with E-state index >= 15 is 0 Å². The number of thiazole rings is 1. The summed E-state index contributed by atoms with van der Waals surface area (Å²) < 4.78 is 12.7. The summed E-state index contributed by atoms with van der Waals surface area (Å²) in [5.74, 6) is 2.41. The summed E-state index contributed by atoms with van der Waals surface area (Å²) >= 11 is 1.50. The number of aromatic nitrogens is 3. The molecule has 1 aliphatic rings. The summed E-state index contributed by atoms with van der Waals surface area (Å²) in [6.07, 6.45) is 3.61. The number of benzene rings is 1. The maximum Gasteiger partial charge on any atom is 0.235 e. The lowest BCUT2D eigenvalue weighted by molar-refractivity contribution is -0.930. The molecule has 0 unspecified atom stereocenters. The summed E-state index contributed by atoms with van der Waals surface area (Å²) in [6.45, 7) is 3.94. The summed E-state index contributed by atoms with van der Waals surface area (Å²) in [7, 11) is 3.34. The summed E-state index contributed by atoms with van der Waals surface area (Å²) in [5.41, 5.74) is 1.02.